The number of rotatable bonds is 7. The van der Waals surface area contributed by atoms with Crippen molar-refractivity contribution in [3.63, 3.8) is 0 Å². The summed E-state index contributed by atoms with van der Waals surface area (Å²) in [5.41, 5.74) is 4.96. The summed E-state index contributed by atoms with van der Waals surface area (Å²) in [6.45, 7) is 3.06. The van der Waals surface area contributed by atoms with Crippen LogP contribution in [0.2, 0.25) is 0 Å². The molecule has 1 heteroatoms. The molecule has 0 spiro atoms. The maximum Gasteiger partial charge on any atom is 0.0502 e. The molecule has 1 saturated carbocycles. The lowest BCUT2D eigenvalue weighted by atomic mass is 9.77. The Morgan fingerprint density at radius 2 is 1.46 bits per heavy atom. The monoisotopic (exact) mass is 374 g/mol. The van der Waals surface area contributed by atoms with E-state index in [1.165, 1.54) is 56.1 Å². The first-order valence-corrected chi connectivity index (χ1v) is 11.0. The van der Waals surface area contributed by atoms with Crippen LogP contribution in [0.5, 0.6) is 0 Å². The Bertz CT molecular complexity index is 753. The van der Waals surface area contributed by atoms with E-state index in [0.29, 0.717) is 0 Å². The summed E-state index contributed by atoms with van der Waals surface area (Å²) in [6, 6.07) is 17.5. The molecule has 0 amide bonds. The fraction of sp³-hybridized carbons (Fsp3) is 0.481. The van der Waals surface area contributed by atoms with Gasteiger partial charge in [0.1, 0.15) is 0 Å². The summed E-state index contributed by atoms with van der Waals surface area (Å²) in [5, 5.41) is 0. The maximum absolute atomic E-state index is 5.13. The molecule has 0 N–H and O–H groups in total. The van der Waals surface area contributed by atoms with E-state index in [4.69, 9.17) is 4.74 Å². The molecule has 0 saturated heterocycles. The van der Waals surface area contributed by atoms with Crippen LogP contribution in [0.3, 0.4) is 0 Å². The van der Waals surface area contributed by atoms with Gasteiger partial charge in [-0.05, 0) is 79.3 Å². The first-order chi connectivity index (χ1) is 13.8. The molecule has 0 heterocycles. The third-order valence-corrected chi connectivity index (χ3v) is 6.09. The van der Waals surface area contributed by atoms with Crippen molar-refractivity contribution in [1.29, 1.82) is 0 Å². The van der Waals surface area contributed by atoms with Crippen molar-refractivity contribution >= 4 is 0 Å². The Hall–Kier alpha value is -2.04. The predicted octanol–water partition coefficient (Wildman–Crippen LogP) is 6.74. The summed E-state index contributed by atoms with van der Waals surface area (Å²) >= 11 is 0. The van der Waals surface area contributed by atoms with E-state index in [0.717, 1.165) is 36.0 Å². The largest absolute Gasteiger partial charge is 0.384 e. The lowest BCUT2D eigenvalue weighted by Crippen LogP contribution is -2.13. The van der Waals surface area contributed by atoms with Crippen molar-refractivity contribution in [3.05, 3.63) is 70.8 Å². The summed E-state index contributed by atoms with van der Waals surface area (Å²) in [6.07, 6.45) is 10.7. The number of benzene rings is 2. The van der Waals surface area contributed by atoms with Gasteiger partial charge >= 0.3 is 0 Å². The highest BCUT2D eigenvalue weighted by Crippen LogP contribution is 2.37. The van der Waals surface area contributed by atoms with Gasteiger partial charge in [0.2, 0.25) is 0 Å². The van der Waals surface area contributed by atoms with E-state index < -0.39 is 0 Å². The Labute approximate surface area is 171 Å². The average Bonchev–Trinajstić information content (AvgIpc) is 2.76. The second kappa shape index (κ2) is 11.1. The SMILES string of the molecule is CCCCC1CCC(c2ccc(C#Cc3ccc(CCOC)cc3)cc2)CC1. The van der Waals surface area contributed by atoms with Gasteiger partial charge in [0.15, 0.2) is 0 Å². The van der Waals surface area contributed by atoms with Crippen LogP contribution in [0.25, 0.3) is 0 Å². The molecule has 1 aliphatic carbocycles. The summed E-state index contributed by atoms with van der Waals surface area (Å²) < 4.78 is 5.13. The number of hydrogen-bond acceptors (Lipinski definition) is 1. The van der Waals surface area contributed by atoms with E-state index in [9.17, 15) is 0 Å². The van der Waals surface area contributed by atoms with Crippen LogP contribution in [0.15, 0.2) is 48.5 Å². The molecular weight excluding hydrogens is 340 g/mol. The van der Waals surface area contributed by atoms with Gasteiger partial charge in [-0.1, -0.05) is 62.3 Å². The zero-order chi connectivity index (χ0) is 19.6. The van der Waals surface area contributed by atoms with E-state index in [1.807, 2.05) is 0 Å². The summed E-state index contributed by atoms with van der Waals surface area (Å²) in [4.78, 5) is 0. The standard InChI is InChI=1S/C27H34O/c1-3-4-5-22-12-16-26(17-13-22)27-18-14-24(15-19-27)7-6-23-8-10-25(11-9-23)20-21-28-2/h8-11,14-15,18-19,22,26H,3-5,12-13,16-17,20-21H2,1-2H3. The van der Waals surface area contributed by atoms with E-state index in [1.54, 1.807) is 7.11 Å². The number of unbranched alkanes of at least 4 members (excludes halogenated alkanes) is 1. The average molecular weight is 375 g/mol. The molecule has 28 heavy (non-hydrogen) atoms. The molecule has 1 fully saturated rings. The van der Waals surface area contributed by atoms with Crippen molar-refractivity contribution in [3.8, 4) is 11.8 Å². The predicted molar refractivity (Wildman–Crippen MR) is 119 cm³/mol. The number of ether oxygens (including phenoxy) is 1. The molecule has 148 valence electrons. The molecule has 1 aliphatic rings. The third kappa shape index (κ3) is 6.25. The molecule has 0 unspecified atom stereocenters. The summed E-state index contributed by atoms with van der Waals surface area (Å²) in [5.74, 6) is 8.32. The zero-order valence-corrected chi connectivity index (χ0v) is 17.5. The lowest BCUT2D eigenvalue weighted by molar-refractivity contribution is 0.202. The summed E-state index contributed by atoms with van der Waals surface area (Å²) in [7, 11) is 1.74. The maximum atomic E-state index is 5.13. The van der Waals surface area contributed by atoms with Gasteiger partial charge in [0.25, 0.3) is 0 Å². The minimum Gasteiger partial charge on any atom is -0.384 e. The number of methoxy groups -OCH3 is 1. The second-order valence-electron chi connectivity index (χ2n) is 8.17. The second-order valence-corrected chi connectivity index (χ2v) is 8.17. The highest BCUT2D eigenvalue weighted by Gasteiger charge is 2.21. The highest BCUT2D eigenvalue weighted by molar-refractivity contribution is 5.44. The topological polar surface area (TPSA) is 9.23 Å². The Morgan fingerprint density at radius 3 is 2.04 bits per heavy atom. The third-order valence-electron chi connectivity index (χ3n) is 6.09. The number of hydrogen-bond donors (Lipinski definition) is 0. The first kappa shape index (κ1) is 20.7. The molecule has 0 aliphatic heterocycles. The van der Waals surface area contributed by atoms with Crippen molar-refractivity contribution in [2.24, 2.45) is 5.92 Å². The molecule has 2 aromatic carbocycles. The minimum atomic E-state index is 0.750. The fourth-order valence-electron chi connectivity index (χ4n) is 4.23. The van der Waals surface area contributed by atoms with Gasteiger partial charge in [-0.3, -0.25) is 0 Å². The highest BCUT2D eigenvalue weighted by atomic mass is 16.5. The van der Waals surface area contributed by atoms with Crippen LogP contribution in [-0.4, -0.2) is 13.7 Å². The van der Waals surface area contributed by atoms with Gasteiger partial charge in [-0.2, -0.15) is 0 Å². The van der Waals surface area contributed by atoms with Crippen molar-refractivity contribution in [2.45, 2.75) is 64.2 Å². The molecule has 0 aromatic heterocycles. The van der Waals surface area contributed by atoms with Crippen molar-refractivity contribution in [1.82, 2.24) is 0 Å². The normalized spacial score (nSPS) is 19.1. The molecule has 1 nitrogen and oxygen atoms in total. The van der Waals surface area contributed by atoms with Gasteiger partial charge in [-0.15, -0.1) is 0 Å². The smallest absolute Gasteiger partial charge is 0.0502 e. The molecule has 0 bridgehead atoms. The lowest BCUT2D eigenvalue weighted by Gasteiger charge is -2.28. The fourth-order valence-corrected chi connectivity index (χ4v) is 4.23. The van der Waals surface area contributed by atoms with Gasteiger partial charge in [-0.25, -0.2) is 0 Å². The molecule has 2 aromatic rings. The zero-order valence-electron chi connectivity index (χ0n) is 17.5. The van der Waals surface area contributed by atoms with Crippen molar-refractivity contribution in [2.75, 3.05) is 13.7 Å². The van der Waals surface area contributed by atoms with Crippen LogP contribution in [0.4, 0.5) is 0 Å². The minimum absolute atomic E-state index is 0.750. The van der Waals surface area contributed by atoms with E-state index >= 15 is 0 Å². The molecule has 0 atom stereocenters. The van der Waals surface area contributed by atoms with Gasteiger partial charge < -0.3 is 4.74 Å². The van der Waals surface area contributed by atoms with E-state index in [-0.39, 0.29) is 0 Å². The van der Waals surface area contributed by atoms with Crippen LogP contribution in [-0.2, 0) is 11.2 Å². The van der Waals surface area contributed by atoms with E-state index in [2.05, 4.69) is 67.3 Å². The Balaban J connectivity index is 1.53. The van der Waals surface area contributed by atoms with Gasteiger partial charge in [0.05, 0.1) is 6.61 Å². The van der Waals surface area contributed by atoms with Crippen LogP contribution >= 0.6 is 0 Å². The molecule has 0 radical (unpaired) electrons. The quantitative estimate of drug-likeness (QED) is 0.488. The van der Waals surface area contributed by atoms with Crippen LogP contribution in [0, 0.1) is 17.8 Å². The van der Waals surface area contributed by atoms with Crippen LogP contribution < -0.4 is 0 Å². The molecular formula is C27H34O. The Morgan fingerprint density at radius 1 is 0.857 bits per heavy atom. The van der Waals surface area contributed by atoms with Gasteiger partial charge in [0, 0.05) is 18.2 Å². The molecule has 3 rings (SSSR count). The Kier molecular flexibility index (Phi) is 8.19. The van der Waals surface area contributed by atoms with Crippen LogP contribution in [0.1, 0.15) is 80.0 Å². The van der Waals surface area contributed by atoms with Crippen molar-refractivity contribution < 1.29 is 4.74 Å². The first-order valence-electron chi connectivity index (χ1n) is 11.0.